The van der Waals surface area contributed by atoms with Crippen molar-refractivity contribution < 1.29 is 39.8 Å². The predicted octanol–water partition coefficient (Wildman–Crippen LogP) is 14.0. The Balaban J connectivity index is 2.07. The average molecular weight is 939 g/mol. The van der Waals surface area contributed by atoms with Crippen molar-refractivity contribution >= 4 is 5.91 Å². The predicted molar refractivity (Wildman–Crippen MR) is 277 cm³/mol. The Morgan fingerprint density at radius 1 is 0.500 bits per heavy atom. The summed E-state index contributed by atoms with van der Waals surface area (Å²) >= 11 is 0. The van der Waals surface area contributed by atoms with Gasteiger partial charge in [0.2, 0.25) is 5.91 Å². The summed E-state index contributed by atoms with van der Waals surface area (Å²) in [5.41, 5.74) is 0. The van der Waals surface area contributed by atoms with Gasteiger partial charge < -0.3 is 40.3 Å². The fourth-order valence-corrected chi connectivity index (χ4v) is 9.51. The number of nitrogens with one attached hydrogen (secondary N) is 1. The zero-order valence-electron chi connectivity index (χ0n) is 43.5. The number of hydrogen-bond acceptors (Lipinski definition) is 8. The lowest BCUT2D eigenvalue weighted by atomic mass is 9.99. The smallest absolute Gasteiger partial charge is 0.220 e. The lowest BCUT2D eigenvalue weighted by Crippen LogP contribution is -2.60. The van der Waals surface area contributed by atoms with E-state index in [0.29, 0.717) is 6.42 Å². The Bertz CT molecular complexity index is 1040. The number of unbranched alkanes of at least 4 members (excludes halogenated alkanes) is 40. The number of carbonyl (C=O) groups excluding carboxylic acids is 1. The number of allylic oxidation sites excluding steroid dienone is 1. The molecule has 1 amide bonds. The molecule has 9 heteroatoms. The number of hydrogen-bond donors (Lipinski definition) is 6. The molecule has 1 aliphatic rings. The summed E-state index contributed by atoms with van der Waals surface area (Å²) < 4.78 is 11.2. The third-order valence-corrected chi connectivity index (χ3v) is 14.1. The van der Waals surface area contributed by atoms with Crippen LogP contribution in [-0.4, -0.2) is 87.5 Å². The van der Waals surface area contributed by atoms with Gasteiger partial charge in [-0.1, -0.05) is 276 Å². The van der Waals surface area contributed by atoms with E-state index in [9.17, 15) is 30.3 Å². The lowest BCUT2D eigenvalue weighted by Gasteiger charge is -2.40. The van der Waals surface area contributed by atoms with E-state index in [4.69, 9.17) is 9.47 Å². The van der Waals surface area contributed by atoms with Gasteiger partial charge in [0.05, 0.1) is 25.4 Å². The second-order valence-electron chi connectivity index (χ2n) is 20.5. The molecule has 392 valence electrons. The molecular weight excluding hydrogens is 827 g/mol. The van der Waals surface area contributed by atoms with Crippen molar-refractivity contribution in [2.45, 2.75) is 333 Å². The monoisotopic (exact) mass is 938 g/mol. The standard InChI is InChI=1S/C57H111NO8/c1-3-5-7-9-11-13-15-16-17-18-19-20-21-22-23-24-25-26-27-28-29-30-31-32-33-34-35-37-39-41-43-45-47-53(61)58-50(49-65-57-56(64)55(63)54(62)52(48-59)66-57)51(60)46-44-42-40-38-36-14-12-10-8-6-4-2/h44,46,50-52,54-57,59-60,62-64H,3-43,45,47-49H2,1-2H3,(H,58,61)/b46-44+/t50-,51+,52+,54+,55?,56?,57+/m0/s1. The molecule has 66 heavy (non-hydrogen) atoms. The third kappa shape index (κ3) is 36.9. The summed E-state index contributed by atoms with van der Waals surface area (Å²) in [6.07, 6.45) is 51.7. The molecule has 0 aliphatic carbocycles. The minimum Gasteiger partial charge on any atom is -0.394 e. The summed E-state index contributed by atoms with van der Waals surface area (Å²) in [6.45, 7) is 3.79. The van der Waals surface area contributed by atoms with E-state index in [2.05, 4.69) is 19.2 Å². The van der Waals surface area contributed by atoms with Crippen LogP contribution in [0, 0.1) is 0 Å². The molecule has 2 unspecified atom stereocenters. The van der Waals surface area contributed by atoms with Crippen LogP contribution in [0.15, 0.2) is 12.2 Å². The highest BCUT2D eigenvalue weighted by Gasteiger charge is 2.44. The molecule has 0 radical (unpaired) electrons. The minimum absolute atomic E-state index is 0.172. The van der Waals surface area contributed by atoms with Gasteiger partial charge in [-0.15, -0.1) is 0 Å². The third-order valence-electron chi connectivity index (χ3n) is 14.1. The van der Waals surface area contributed by atoms with Crippen LogP contribution in [0.1, 0.15) is 290 Å². The Morgan fingerprint density at radius 2 is 0.833 bits per heavy atom. The first-order chi connectivity index (χ1) is 32.3. The fourth-order valence-electron chi connectivity index (χ4n) is 9.51. The molecule has 0 bridgehead atoms. The first kappa shape index (κ1) is 62.9. The number of aliphatic hydroxyl groups is 5. The highest BCUT2D eigenvalue weighted by Crippen LogP contribution is 2.23. The first-order valence-corrected chi connectivity index (χ1v) is 28.9. The minimum atomic E-state index is -1.56. The largest absolute Gasteiger partial charge is 0.394 e. The van der Waals surface area contributed by atoms with Crippen LogP contribution in [0.3, 0.4) is 0 Å². The molecule has 0 saturated carbocycles. The van der Waals surface area contributed by atoms with E-state index in [-0.39, 0.29) is 12.5 Å². The fraction of sp³-hybridized carbons (Fsp3) is 0.947. The Kier molecular flexibility index (Phi) is 45.4. The van der Waals surface area contributed by atoms with E-state index in [1.807, 2.05) is 6.08 Å². The number of carbonyl (C=O) groups is 1. The zero-order chi connectivity index (χ0) is 48.0. The van der Waals surface area contributed by atoms with Crippen LogP contribution in [-0.2, 0) is 14.3 Å². The molecule has 1 fully saturated rings. The maximum Gasteiger partial charge on any atom is 0.220 e. The molecule has 9 nitrogen and oxygen atoms in total. The van der Waals surface area contributed by atoms with Crippen molar-refractivity contribution in [3.05, 3.63) is 12.2 Å². The molecule has 0 aromatic rings. The van der Waals surface area contributed by atoms with Crippen LogP contribution < -0.4 is 5.32 Å². The van der Waals surface area contributed by atoms with Gasteiger partial charge in [-0.2, -0.15) is 0 Å². The van der Waals surface area contributed by atoms with Crippen molar-refractivity contribution in [3.8, 4) is 0 Å². The van der Waals surface area contributed by atoms with Gasteiger partial charge >= 0.3 is 0 Å². The second kappa shape index (κ2) is 47.6. The summed E-state index contributed by atoms with van der Waals surface area (Å²) in [5.74, 6) is -0.172. The van der Waals surface area contributed by atoms with Gasteiger partial charge in [0.15, 0.2) is 6.29 Å². The molecule has 1 saturated heterocycles. The summed E-state index contributed by atoms with van der Waals surface area (Å²) in [6, 6.07) is -0.799. The van der Waals surface area contributed by atoms with E-state index < -0.39 is 49.5 Å². The number of ether oxygens (including phenoxy) is 2. The van der Waals surface area contributed by atoms with Gasteiger partial charge in [0, 0.05) is 6.42 Å². The Labute approximate surface area is 407 Å². The molecule has 1 rings (SSSR count). The van der Waals surface area contributed by atoms with Crippen LogP contribution in [0.2, 0.25) is 0 Å². The topological polar surface area (TPSA) is 149 Å². The van der Waals surface area contributed by atoms with Gasteiger partial charge in [0.25, 0.3) is 0 Å². The van der Waals surface area contributed by atoms with E-state index >= 15 is 0 Å². The Hall–Kier alpha value is -1.07. The molecule has 1 aliphatic heterocycles. The van der Waals surface area contributed by atoms with Crippen LogP contribution in [0.5, 0.6) is 0 Å². The molecule has 0 spiro atoms. The maximum absolute atomic E-state index is 13.0. The quantitative estimate of drug-likeness (QED) is 0.0261. The van der Waals surface area contributed by atoms with E-state index in [1.165, 1.54) is 231 Å². The average Bonchev–Trinajstić information content (AvgIpc) is 3.32. The normalized spacial score (nSPS) is 19.8. The number of rotatable bonds is 50. The Morgan fingerprint density at radius 3 is 1.18 bits per heavy atom. The second-order valence-corrected chi connectivity index (χ2v) is 20.5. The van der Waals surface area contributed by atoms with Gasteiger partial charge in [-0.25, -0.2) is 0 Å². The van der Waals surface area contributed by atoms with E-state index in [1.54, 1.807) is 6.08 Å². The van der Waals surface area contributed by atoms with Crippen molar-refractivity contribution in [2.75, 3.05) is 13.2 Å². The van der Waals surface area contributed by atoms with Gasteiger partial charge in [0.1, 0.15) is 24.4 Å². The van der Waals surface area contributed by atoms with Crippen molar-refractivity contribution in [2.24, 2.45) is 0 Å². The van der Waals surface area contributed by atoms with Gasteiger partial charge in [-0.3, -0.25) is 4.79 Å². The number of amides is 1. The van der Waals surface area contributed by atoms with Crippen LogP contribution >= 0.6 is 0 Å². The SMILES string of the molecule is CCCCCCCCCCC/C=C/[C@@H](O)[C@H](CO[C@@H]1O[C@H](CO)[C@@H](O)C(O)C1O)NC(=O)CCCCCCCCCCCCCCCCCCCCCCCCCCCCCCCCCC. The van der Waals surface area contributed by atoms with Crippen molar-refractivity contribution in [1.82, 2.24) is 5.32 Å². The summed E-state index contributed by atoms with van der Waals surface area (Å²) in [5, 5.41) is 54.3. The highest BCUT2D eigenvalue weighted by atomic mass is 16.7. The van der Waals surface area contributed by atoms with Crippen LogP contribution in [0.25, 0.3) is 0 Å². The van der Waals surface area contributed by atoms with Crippen molar-refractivity contribution in [3.63, 3.8) is 0 Å². The summed E-state index contributed by atoms with van der Waals surface area (Å²) in [4.78, 5) is 13.0. The lowest BCUT2D eigenvalue weighted by molar-refractivity contribution is -0.302. The van der Waals surface area contributed by atoms with Gasteiger partial charge in [-0.05, 0) is 19.3 Å². The molecule has 0 aromatic heterocycles. The number of aliphatic hydroxyl groups excluding tert-OH is 5. The zero-order valence-corrected chi connectivity index (χ0v) is 43.5. The molecule has 7 atom stereocenters. The summed E-state index contributed by atoms with van der Waals surface area (Å²) in [7, 11) is 0. The highest BCUT2D eigenvalue weighted by molar-refractivity contribution is 5.76. The maximum atomic E-state index is 13.0. The molecule has 0 aromatic carbocycles. The molecule has 6 N–H and O–H groups in total. The molecule has 1 heterocycles. The van der Waals surface area contributed by atoms with Crippen LogP contribution in [0.4, 0.5) is 0 Å². The molecular formula is C57H111NO8. The van der Waals surface area contributed by atoms with E-state index in [0.717, 1.165) is 38.5 Å². The first-order valence-electron chi connectivity index (χ1n) is 28.9. The van der Waals surface area contributed by atoms with Crippen molar-refractivity contribution in [1.29, 1.82) is 0 Å².